The van der Waals surface area contributed by atoms with Crippen LogP contribution in [0.2, 0.25) is 0 Å². The van der Waals surface area contributed by atoms with Gasteiger partial charge in [-0.3, -0.25) is 4.79 Å². The van der Waals surface area contributed by atoms with Crippen LogP contribution in [0.3, 0.4) is 0 Å². The maximum Gasteiger partial charge on any atom is 0.152 e. The third kappa shape index (κ3) is 7.44. The zero-order valence-electron chi connectivity index (χ0n) is 8.04. The largest absolute Gasteiger partial charge is 0.383 e. The zero-order valence-corrected chi connectivity index (χ0v) is 8.04. The van der Waals surface area contributed by atoms with Crippen molar-refractivity contribution in [2.24, 2.45) is 0 Å². The van der Waals surface area contributed by atoms with Gasteiger partial charge in [-0.15, -0.1) is 0 Å². The molecule has 0 rings (SSSR count). The Morgan fingerprint density at radius 1 is 1.58 bits per heavy atom. The van der Waals surface area contributed by atoms with Crippen LogP contribution in [0.15, 0.2) is 12.2 Å². The summed E-state index contributed by atoms with van der Waals surface area (Å²) < 4.78 is 4.91. The molecule has 0 N–H and O–H groups in total. The number of ketones is 1. The van der Waals surface area contributed by atoms with Crippen LogP contribution in [0, 0.1) is 0 Å². The smallest absolute Gasteiger partial charge is 0.152 e. The normalized spacial score (nSPS) is 11.3. The van der Waals surface area contributed by atoms with Gasteiger partial charge in [0.1, 0.15) is 0 Å². The standard InChI is InChI=1S/C9H17NO2/c1-9(11)5-4-6-10(2)7-8-12-3/h4-5H,6-8H2,1-3H3/b5-4+. The number of carbonyl (C=O) groups excluding carboxylic acids is 1. The number of rotatable bonds is 6. The Bertz CT molecular complexity index is 155. The van der Waals surface area contributed by atoms with Crippen LogP contribution in [-0.4, -0.2) is 44.5 Å². The van der Waals surface area contributed by atoms with Gasteiger partial charge in [0.05, 0.1) is 6.61 Å². The fraction of sp³-hybridized carbons (Fsp3) is 0.667. The molecule has 0 fully saturated rings. The number of hydrogen-bond acceptors (Lipinski definition) is 3. The first-order chi connectivity index (χ1) is 5.66. The first-order valence-corrected chi connectivity index (χ1v) is 4.01. The fourth-order valence-electron chi connectivity index (χ4n) is 0.737. The van der Waals surface area contributed by atoms with Gasteiger partial charge in [0.25, 0.3) is 0 Å². The van der Waals surface area contributed by atoms with Crippen LogP contribution in [0.5, 0.6) is 0 Å². The SMILES string of the molecule is COCCN(C)C/C=C/C(C)=O. The molecular formula is C9H17NO2. The summed E-state index contributed by atoms with van der Waals surface area (Å²) in [5.41, 5.74) is 0. The van der Waals surface area contributed by atoms with Gasteiger partial charge in [-0.1, -0.05) is 6.08 Å². The maximum absolute atomic E-state index is 10.5. The van der Waals surface area contributed by atoms with Crippen LogP contribution in [0.1, 0.15) is 6.92 Å². The summed E-state index contributed by atoms with van der Waals surface area (Å²) in [6.45, 7) is 3.96. The van der Waals surface area contributed by atoms with Crippen molar-refractivity contribution in [2.45, 2.75) is 6.92 Å². The Morgan fingerprint density at radius 2 is 2.25 bits per heavy atom. The predicted molar refractivity (Wildman–Crippen MR) is 49.2 cm³/mol. The molecule has 0 aliphatic carbocycles. The number of carbonyl (C=O) groups is 1. The molecule has 0 radical (unpaired) electrons. The summed E-state index contributed by atoms with van der Waals surface area (Å²) in [6.07, 6.45) is 3.45. The molecule has 0 unspecified atom stereocenters. The average Bonchev–Trinajstić information content (AvgIpc) is 2.00. The van der Waals surface area contributed by atoms with Crippen molar-refractivity contribution in [2.75, 3.05) is 33.9 Å². The third-order valence-corrected chi connectivity index (χ3v) is 1.45. The Balaban J connectivity index is 3.42. The zero-order chi connectivity index (χ0) is 9.40. The van der Waals surface area contributed by atoms with E-state index in [0.717, 1.165) is 19.7 Å². The van der Waals surface area contributed by atoms with Crippen molar-refractivity contribution in [1.82, 2.24) is 4.90 Å². The van der Waals surface area contributed by atoms with E-state index in [4.69, 9.17) is 4.74 Å². The highest BCUT2D eigenvalue weighted by Gasteiger charge is 1.93. The number of methoxy groups -OCH3 is 1. The van der Waals surface area contributed by atoms with E-state index in [-0.39, 0.29) is 5.78 Å². The minimum Gasteiger partial charge on any atom is -0.383 e. The number of allylic oxidation sites excluding steroid dienone is 1. The van der Waals surface area contributed by atoms with Gasteiger partial charge < -0.3 is 9.64 Å². The lowest BCUT2D eigenvalue weighted by Gasteiger charge is -2.12. The number of likely N-dealkylation sites (N-methyl/N-ethyl adjacent to an activating group) is 1. The monoisotopic (exact) mass is 171 g/mol. The highest BCUT2D eigenvalue weighted by atomic mass is 16.5. The molecule has 0 amide bonds. The molecule has 12 heavy (non-hydrogen) atoms. The van der Waals surface area contributed by atoms with Crippen molar-refractivity contribution < 1.29 is 9.53 Å². The van der Waals surface area contributed by atoms with Crippen LogP contribution >= 0.6 is 0 Å². The van der Waals surface area contributed by atoms with E-state index >= 15 is 0 Å². The molecule has 0 aromatic carbocycles. The van der Waals surface area contributed by atoms with Gasteiger partial charge in [0.15, 0.2) is 5.78 Å². The molecule has 0 saturated carbocycles. The van der Waals surface area contributed by atoms with Gasteiger partial charge in [0, 0.05) is 20.2 Å². The van der Waals surface area contributed by atoms with Crippen molar-refractivity contribution in [3.8, 4) is 0 Å². The summed E-state index contributed by atoms with van der Waals surface area (Å²) in [5.74, 6) is 0.0927. The first-order valence-electron chi connectivity index (χ1n) is 4.01. The molecule has 0 aromatic heterocycles. The highest BCUT2D eigenvalue weighted by molar-refractivity contribution is 5.87. The van der Waals surface area contributed by atoms with Crippen molar-refractivity contribution in [3.05, 3.63) is 12.2 Å². The Morgan fingerprint density at radius 3 is 2.75 bits per heavy atom. The topological polar surface area (TPSA) is 29.5 Å². The molecule has 0 aromatic rings. The molecule has 0 atom stereocenters. The van der Waals surface area contributed by atoms with Crippen LogP contribution in [0.4, 0.5) is 0 Å². The van der Waals surface area contributed by atoms with Crippen LogP contribution < -0.4 is 0 Å². The van der Waals surface area contributed by atoms with Gasteiger partial charge >= 0.3 is 0 Å². The Labute approximate surface area is 74.0 Å². The second kappa shape index (κ2) is 7.00. The molecule has 3 nitrogen and oxygen atoms in total. The fourth-order valence-corrected chi connectivity index (χ4v) is 0.737. The summed E-state index contributed by atoms with van der Waals surface area (Å²) in [4.78, 5) is 12.6. The summed E-state index contributed by atoms with van der Waals surface area (Å²) in [5, 5.41) is 0. The van der Waals surface area contributed by atoms with Crippen LogP contribution in [-0.2, 0) is 9.53 Å². The Kier molecular flexibility index (Phi) is 6.61. The number of ether oxygens (including phenoxy) is 1. The molecule has 0 saturated heterocycles. The molecule has 0 spiro atoms. The van der Waals surface area contributed by atoms with E-state index in [9.17, 15) is 4.79 Å². The van der Waals surface area contributed by atoms with E-state index < -0.39 is 0 Å². The molecule has 0 heterocycles. The lowest BCUT2D eigenvalue weighted by atomic mass is 10.4. The van der Waals surface area contributed by atoms with Crippen molar-refractivity contribution >= 4 is 5.78 Å². The van der Waals surface area contributed by atoms with E-state index in [1.807, 2.05) is 13.1 Å². The minimum absolute atomic E-state index is 0.0927. The quantitative estimate of drug-likeness (QED) is 0.551. The molecule has 3 heteroatoms. The highest BCUT2D eigenvalue weighted by Crippen LogP contribution is 1.84. The molecule has 0 aliphatic rings. The van der Waals surface area contributed by atoms with Crippen molar-refractivity contribution in [3.63, 3.8) is 0 Å². The Hall–Kier alpha value is -0.670. The molecule has 0 bridgehead atoms. The van der Waals surface area contributed by atoms with E-state index in [2.05, 4.69) is 4.90 Å². The minimum atomic E-state index is 0.0927. The van der Waals surface area contributed by atoms with Gasteiger partial charge in [-0.05, 0) is 20.0 Å². The van der Waals surface area contributed by atoms with Crippen molar-refractivity contribution in [1.29, 1.82) is 0 Å². The lowest BCUT2D eigenvalue weighted by Crippen LogP contribution is -2.22. The van der Waals surface area contributed by atoms with Gasteiger partial charge in [-0.25, -0.2) is 0 Å². The summed E-state index contributed by atoms with van der Waals surface area (Å²) in [6, 6.07) is 0. The second-order valence-electron chi connectivity index (χ2n) is 2.77. The van der Waals surface area contributed by atoms with E-state index in [0.29, 0.717) is 0 Å². The van der Waals surface area contributed by atoms with Gasteiger partial charge in [0.2, 0.25) is 0 Å². The molecule has 0 aliphatic heterocycles. The first kappa shape index (κ1) is 11.3. The third-order valence-electron chi connectivity index (χ3n) is 1.45. The number of hydrogen-bond donors (Lipinski definition) is 0. The van der Waals surface area contributed by atoms with E-state index in [1.54, 1.807) is 20.1 Å². The maximum atomic E-state index is 10.5. The number of nitrogens with zero attached hydrogens (tertiary/aromatic N) is 1. The summed E-state index contributed by atoms with van der Waals surface area (Å²) in [7, 11) is 3.67. The lowest BCUT2D eigenvalue weighted by molar-refractivity contribution is -0.112. The molecular weight excluding hydrogens is 154 g/mol. The van der Waals surface area contributed by atoms with Crippen LogP contribution in [0.25, 0.3) is 0 Å². The van der Waals surface area contributed by atoms with E-state index in [1.165, 1.54) is 0 Å². The second-order valence-corrected chi connectivity index (χ2v) is 2.77. The average molecular weight is 171 g/mol. The summed E-state index contributed by atoms with van der Waals surface area (Å²) >= 11 is 0. The van der Waals surface area contributed by atoms with Gasteiger partial charge in [-0.2, -0.15) is 0 Å². The predicted octanol–water partition coefficient (Wildman–Crippen LogP) is 0.710. The molecule has 70 valence electrons.